The van der Waals surface area contributed by atoms with E-state index in [1.54, 1.807) is 12.1 Å². The zero-order chi connectivity index (χ0) is 18.4. The molecule has 142 valence electrons. The molecule has 6 heteroatoms. The fourth-order valence-corrected chi connectivity index (χ4v) is 3.79. The van der Waals surface area contributed by atoms with E-state index in [1.165, 1.54) is 12.1 Å². The molecular formula is C20H28FN3O2. The molecule has 5 nitrogen and oxygen atoms in total. The van der Waals surface area contributed by atoms with E-state index >= 15 is 0 Å². The van der Waals surface area contributed by atoms with Crippen molar-refractivity contribution in [2.45, 2.75) is 32.1 Å². The van der Waals surface area contributed by atoms with Crippen molar-refractivity contribution in [1.82, 2.24) is 15.1 Å². The molecule has 2 aliphatic heterocycles. The van der Waals surface area contributed by atoms with Gasteiger partial charge in [0.25, 0.3) is 0 Å². The van der Waals surface area contributed by atoms with Crippen LogP contribution >= 0.6 is 0 Å². The number of hydrogen-bond donors (Lipinski definition) is 1. The van der Waals surface area contributed by atoms with Gasteiger partial charge in [-0.1, -0.05) is 12.1 Å². The Morgan fingerprint density at radius 3 is 2.35 bits per heavy atom. The van der Waals surface area contributed by atoms with Crippen molar-refractivity contribution >= 4 is 11.8 Å². The normalized spacial score (nSPS) is 18.9. The summed E-state index contributed by atoms with van der Waals surface area (Å²) < 4.78 is 12.9. The van der Waals surface area contributed by atoms with E-state index in [2.05, 4.69) is 10.2 Å². The van der Waals surface area contributed by atoms with Crippen LogP contribution in [0.2, 0.25) is 0 Å². The van der Waals surface area contributed by atoms with E-state index in [0.717, 1.165) is 57.4 Å². The van der Waals surface area contributed by atoms with Crippen LogP contribution in [0.5, 0.6) is 0 Å². The molecule has 2 saturated heterocycles. The van der Waals surface area contributed by atoms with Crippen molar-refractivity contribution in [3.05, 3.63) is 35.6 Å². The van der Waals surface area contributed by atoms with Crippen LogP contribution in [0.25, 0.3) is 0 Å². The predicted molar refractivity (Wildman–Crippen MR) is 98.1 cm³/mol. The van der Waals surface area contributed by atoms with Crippen molar-refractivity contribution in [3.63, 3.8) is 0 Å². The lowest BCUT2D eigenvalue weighted by molar-refractivity contribution is -0.136. The lowest BCUT2D eigenvalue weighted by Crippen LogP contribution is -2.45. The Morgan fingerprint density at radius 1 is 1.04 bits per heavy atom. The van der Waals surface area contributed by atoms with Gasteiger partial charge in [-0.3, -0.25) is 14.5 Å². The first-order valence-corrected chi connectivity index (χ1v) is 9.64. The number of benzene rings is 1. The fraction of sp³-hybridized carbons (Fsp3) is 0.600. The third-order valence-corrected chi connectivity index (χ3v) is 5.37. The number of nitrogens with one attached hydrogen (secondary N) is 1. The number of piperidine rings is 1. The Labute approximate surface area is 154 Å². The number of amides is 2. The zero-order valence-corrected chi connectivity index (χ0v) is 15.3. The highest BCUT2D eigenvalue weighted by molar-refractivity contribution is 5.79. The molecule has 1 N–H and O–H groups in total. The average Bonchev–Trinajstić information content (AvgIpc) is 3.18. The molecule has 0 spiro atoms. The maximum Gasteiger partial charge on any atom is 0.234 e. The second-order valence-electron chi connectivity index (χ2n) is 7.31. The second-order valence-corrected chi connectivity index (χ2v) is 7.31. The second kappa shape index (κ2) is 9.12. The fourth-order valence-electron chi connectivity index (χ4n) is 3.79. The van der Waals surface area contributed by atoms with E-state index in [-0.39, 0.29) is 17.6 Å². The highest BCUT2D eigenvalue weighted by Crippen LogP contribution is 2.21. The molecule has 2 heterocycles. The smallest absolute Gasteiger partial charge is 0.234 e. The number of nitrogens with zero attached hydrogens (tertiary/aromatic N) is 2. The third-order valence-electron chi connectivity index (χ3n) is 5.37. The molecule has 0 saturated carbocycles. The van der Waals surface area contributed by atoms with Crippen LogP contribution < -0.4 is 5.32 Å². The first-order valence-electron chi connectivity index (χ1n) is 9.64. The monoisotopic (exact) mass is 361 g/mol. The van der Waals surface area contributed by atoms with E-state index in [1.807, 2.05) is 4.90 Å². The first kappa shape index (κ1) is 18.8. The van der Waals surface area contributed by atoms with Crippen LogP contribution in [0.15, 0.2) is 24.3 Å². The third kappa shape index (κ3) is 5.27. The van der Waals surface area contributed by atoms with Gasteiger partial charge in [-0.2, -0.15) is 0 Å². The Hall–Kier alpha value is -1.95. The molecule has 2 aliphatic rings. The Morgan fingerprint density at radius 2 is 1.69 bits per heavy atom. The molecule has 2 amide bonds. The van der Waals surface area contributed by atoms with Crippen molar-refractivity contribution < 1.29 is 14.0 Å². The number of carbonyl (C=O) groups is 2. The highest BCUT2D eigenvalue weighted by Gasteiger charge is 2.30. The van der Waals surface area contributed by atoms with Crippen LogP contribution in [-0.4, -0.2) is 60.9 Å². The van der Waals surface area contributed by atoms with Crippen molar-refractivity contribution in [2.24, 2.45) is 5.92 Å². The lowest BCUT2D eigenvalue weighted by Gasteiger charge is -2.32. The summed E-state index contributed by atoms with van der Waals surface area (Å²) in [6.07, 6.45) is 4.64. The number of halogens is 1. The van der Waals surface area contributed by atoms with Crippen molar-refractivity contribution in [1.29, 1.82) is 0 Å². The summed E-state index contributed by atoms with van der Waals surface area (Å²) in [7, 11) is 0. The van der Waals surface area contributed by atoms with Gasteiger partial charge in [0.15, 0.2) is 0 Å². The van der Waals surface area contributed by atoms with Gasteiger partial charge in [0.2, 0.25) is 11.8 Å². The van der Waals surface area contributed by atoms with Gasteiger partial charge < -0.3 is 10.2 Å². The summed E-state index contributed by atoms with van der Waals surface area (Å²) in [4.78, 5) is 28.7. The Kier molecular flexibility index (Phi) is 6.61. The standard InChI is InChI=1S/C20H28FN3O2/c21-18-5-3-16(4-6-18)7-10-22-19(25)15-23-13-8-17(9-14-23)20(26)24-11-1-2-12-24/h3-6,17H,1-2,7-15H2,(H,22,25). The summed E-state index contributed by atoms with van der Waals surface area (Å²) in [5, 5.41) is 2.92. The topological polar surface area (TPSA) is 52.7 Å². The van der Waals surface area contributed by atoms with E-state index in [4.69, 9.17) is 0 Å². The predicted octanol–water partition coefficient (Wildman–Crippen LogP) is 1.82. The molecule has 0 unspecified atom stereocenters. The molecule has 0 atom stereocenters. The molecule has 0 aliphatic carbocycles. The van der Waals surface area contributed by atoms with E-state index < -0.39 is 0 Å². The number of hydrogen-bond acceptors (Lipinski definition) is 3. The summed E-state index contributed by atoms with van der Waals surface area (Å²) >= 11 is 0. The molecule has 1 aromatic rings. The van der Waals surface area contributed by atoms with Gasteiger partial charge in [-0.25, -0.2) is 4.39 Å². The molecule has 0 bridgehead atoms. The molecule has 0 radical (unpaired) electrons. The van der Waals surface area contributed by atoms with Crippen LogP contribution in [0.1, 0.15) is 31.2 Å². The number of likely N-dealkylation sites (tertiary alicyclic amines) is 2. The summed E-state index contributed by atoms with van der Waals surface area (Å²) in [5.74, 6) is 0.206. The minimum Gasteiger partial charge on any atom is -0.355 e. The molecule has 2 fully saturated rings. The lowest BCUT2D eigenvalue weighted by atomic mass is 9.95. The summed E-state index contributed by atoms with van der Waals surface area (Å²) in [6, 6.07) is 6.35. The van der Waals surface area contributed by atoms with Gasteiger partial charge in [-0.05, 0) is 62.9 Å². The van der Waals surface area contributed by atoms with Gasteiger partial charge in [0, 0.05) is 25.6 Å². The summed E-state index contributed by atoms with van der Waals surface area (Å²) in [5.41, 5.74) is 1.01. The maximum absolute atomic E-state index is 12.9. The minimum atomic E-state index is -0.246. The molecule has 26 heavy (non-hydrogen) atoms. The minimum absolute atomic E-state index is 0.0106. The highest BCUT2D eigenvalue weighted by atomic mass is 19.1. The number of rotatable bonds is 6. The number of carbonyl (C=O) groups excluding carboxylic acids is 2. The Balaban J connectivity index is 1.32. The van der Waals surface area contributed by atoms with Crippen LogP contribution in [0, 0.1) is 11.7 Å². The average molecular weight is 361 g/mol. The molecular weight excluding hydrogens is 333 g/mol. The molecule has 3 rings (SSSR count). The van der Waals surface area contributed by atoms with E-state index in [0.29, 0.717) is 25.4 Å². The van der Waals surface area contributed by atoms with Crippen LogP contribution in [0.4, 0.5) is 4.39 Å². The van der Waals surface area contributed by atoms with Gasteiger partial charge in [-0.15, -0.1) is 0 Å². The summed E-state index contributed by atoms with van der Waals surface area (Å²) in [6.45, 7) is 4.36. The largest absolute Gasteiger partial charge is 0.355 e. The van der Waals surface area contributed by atoms with Crippen molar-refractivity contribution in [3.8, 4) is 0 Å². The SMILES string of the molecule is O=C(CN1CCC(C(=O)N2CCCC2)CC1)NCCc1ccc(F)cc1. The van der Waals surface area contributed by atoms with Crippen molar-refractivity contribution in [2.75, 3.05) is 39.3 Å². The van der Waals surface area contributed by atoms with Gasteiger partial charge >= 0.3 is 0 Å². The molecule has 0 aromatic heterocycles. The quantitative estimate of drug-likeness (QED) is 0.841. The first-order chi connectivity index (χ1) is 12.6. The van der Waals surface area contributed by atoms with E-state index in [9.17, 15) is 14.0 Å². The van der Waals surface area contributed by atoms with Gasteiger partial charge in [0.1, 0.15) is 5.82 Å². The van der Waals surface area contributed by atoms with Gasteiger partial charge in [0.05, 0.1) is 6.54 Å². The zero-order valence-electron chi connectivity index (χ0n) is 15.3. The van der Waals surface area contributed by atoms with Crippen LogP contribution in [0.3, 0.4) is 0 Å². The van der Waals surface area contributed by atoms with Crippen LogP contribution in [-0.2, 0) is 16.0 Å². The Bertz CT molecular complexity index is 606. The maximum atomic E-state index is 12.9. The molecule has 1 aromatic carbocycles.